The second kappa shape index (κ2) is 5.98. The van der Waals surface area contributed by atoms with Gasteiger partial charge in [-0.25, -0.2) is 0 Å². The van der Waals surface area contributed by atoms with Crippen LogP contribution >= 0.6 is 11.6 Å². The zero-order chi connectivity index (χ0) is 13.7. The predicted molar refractivity (Wildman–Crippen MR) is 71.6 cm³/mol. The van der Waals surface area contributed by atoms with E-state index in [4.69, 9.17) is 16.9 Å². The van der Waals surface area contributed by atoms with Crippen molar-refractivity contribution in [1.29, 1.82) is 5.26 Å². The number of aromatic nitrogens is 1. The molecule has 19 heavy (non-hydrogen) atoms. The van der Waals surface area contributed by atoms with Crippen molar-refractivity contribution in [2.45, 2.75) is 6.54 Å². The summed E-state index contributed by atoms with van der Waals surface area (Å²) in [6, 6.07) is 10.6. The largest absolute Gasteiger partial charge is 0.348 e. The van der Waals surface area contributed by atoms with E-state index in [1.54, 1.807) is 30.3 Å². The van der Waals surface area contributed by atoms with Crippen LogP contribution in [0.3, 0.4) is 0 Å². The van der Waals surface area contributed by atoms with Crippen molar-refractivity contribution in [1.82, 2.24) is 10.3 Å². The van der Waals surface area contributed by atoms with Crippen molar-refractivity contribution in [3.63, 3.8) is 0 Å². The Hall–Kier alpha value is -2.38. The minimum Gasteiger partial charge on any atom is -0.348 e. The lowest BCUT2D eigenvalue weighted by Gasteiger charge is -2.06. The number of carbonyl (C=O) groups excluding carboxylic acids is 1. The molecule has 0 aliphatic rings. The second-order valence-corrected chi connectivity index (χ2v) is 4.25. The van der Waals surface area contributed by atoms with E-state index in [0.29, 0.717) is 22.7 Å². The molecular formula is C14H10ClN3O. The minimum absolute atomic E-state index is 0.253. The molecular weight excluding hydrogens is 262 g/mol. The van der Waals surface area contributed by atoms with Gasteiger partial charge in [-0.15, -0.1) is 0 Å². The molecule has 1 aromatic carbocycles. The van der Waals surface area contributed by atoms with Crippen LogP contribution < -0.4 is 5.32 Å². The summed E-state index contributed by atoms with van der Waals surface area (Å²) in [7, 11) is 0. The van der Waals surface area contributed by atoms with Crippen LogP contribution in [0.5, 0.6) is 0 Å². The normalized spacial score (nSPS) is 9.68. The fraction of sp³-hybridized carbons (Fsp3) is 0.0714. The molecule has 0 spiro atoms. The Bertz CT molecular complexity index is 632. The van der Waals surface area contributed by atoms with Gasteiger partial charge in [0.15, 0.2) is 0 Å². The first-order valence-electron chi connectivity index (χ1n) is 5.57. The number of halogens is 1. The number of nitrogens with one attached hydrogen (secondary N) is 1. The molecule has 2 aromatic rings. The second-order valence-electron chi connectivity index (χ2n) is 3.85. The summed E-state index contributed by atoms with van der Waals surface area (Å²) in [5, 5.41) is 11.8. The number of hydrogen-bond donors (Lipinski definition) is 1. The molecule has 2 rings (SSSR count). The highest BCUT2D eigenvalue weighted by molar-refractivity contribution is 6.33. The molecule has 0 bridgehead atoms. The maximum absolute atomic E-state index is 11.9. The molecule has 5 heteroatoms. The first-order chi connectivity index (χ1) is 9.20. The van der Waals surface area contributed by atoms with E-state index >= 15 is 0 Å². The molecule has 0 saturated heterocycles. The molecule has 0 saturated carbocycles. The van der Waals surface area contributed by atoms with E-state index in [9.17, 15) is 4.79 Å². The number of amides is 1. The van der Waals surface area contributed by atoms with E-state index in [1.165, 1.54) is 12.4 Å². The van der Waals surface area contributed by atoms with Gasteiger partial charge in [0, 0.05) is 18.9 Å². The molecule has 0 atom stereocenters. The first-order valence-corrected chi connectivity index (χ1v) is 5.95. The molecule has 0 aliphatic heterocycles. The number of pyridine rings is 1. The molecule has 1 amide bonds. The Morgan fingerprint density at radius 2 is 2.05 bits per heavy atom. The van der Waals surface area contributed by atoms with Crippen LogP contribution in [0.4, 0.5) is 0 Å². The lowest BCUT2D eigenvalue weighted by Crippen LogP contribution is -2.23. The van der Waals surface area contributed by atoms with Gasteiger partial charge in [0.2, 0.25) is 0 Å². The van der Waals surface area contributed by atoms with E-state index < -0.39 is 0 Å². The zero-order valence-electron chi connectivity index (χ0n) is 9.93. The van der Waals surface area contributed by atoms with Crippen molar-refractivity contribution in [3.8, 4) is 6.07 Å². The first kappa shape index (κ1) is 13.1. The fourth-order valence-corrected chi connectivity index (χ4v) is 1.74. The van der Waals surface area contributed by atoms with Crippen LogP contribution in [0.25, 0.3) is 0 Å². The molecule has 1 aromatic heterocycles. The van der Waals surface area contributed by atoms with E-state index in [-0.39, 0.29) is 5.91 Å². The van der Waals surface area contributed by atoms with Crippen LogP contribution in [-0.2, 0) is 6.54 Å². The van der Waals surface area contributed by atoms with Gasteiger partial charge in [0.05, 0.1) is 22.2 Å². The lowest BCUT2D eigenvalue weighted by atomic mass is 10.1. The summed E-state index contributed by atoms with van der Waals surface area (Å²) in [5.74, 6) is -0.253. The van der Waals surface area contributed by atoms with Crippen LogP contribution in [0.1, 0.15) is 21.5 Å². The van der Waals surface area contributed by atoms with Crippen LogP contribution in [0.2, 0.25) is 5.02 Å². The lowest BCUT2D eigenvalue weighted by molar-refractivity contribution is 0.0951. The van der Waals surface area contributed by atoms with Crippen LogP contribution in [0, 0.1) is 11.3 Å². The SMILES string of the molecule is N#Cc1ccc(CNC(=O)c2ccncc2Cl)cc1. The highest BCUT2D eigenvalue weighted by atomic mass is 35.5. The number of benzene rings is 1. The van der Waals surface area contributed by atoms with Crippen LogP contribution in [-0.4, -0.2) is 10.9 Å². The van der Waals surface area contributed by atoms with Crippen molar-refractivity contribution in [2.75, 3.05) is 0 Å². The van der Waals surface area contributed by atoms with Crippen molar-refractivity contribution in [3.05, 3.63) is 64.4 Å². The molecule has 94 valence electrons. The Morgan fingerprint density at radius 3 is 2.68 bits per heavy atom. The molecule has 0 fully saturated rings. The van der Waals surface area contributed by atoms with E-state index in [1.807, 2.05) is 6.07 Å². The minimum atomic E-state index is -0.253. The summed E-state index contributed by atoms with van der Waals surface area (Å²) >= 11 is 5.88. The van der Waals surface area contributed by atoms with Crippen LogP contribution in [0.15, 0.2) is 42.7 Å². The summed E-state index contributed by atoms with van der Waals surface area (Å²) in [4.78, 5) is 15.7. The molecule has 1 N–H and O–H groups in total. The third kappa shape index (κ3) is 3.30. The number of nitriles is 1. The number of carbonyl (C=O) groups is 1. The molecule has 0 radical (unpaired) electrons. The standard InChI is InChI=1S/C14H10ClN3O/c15-13-9-17-6-5-12(13)14(19)18-8-11-3-1-10(7-16)2-4-11/h1-6,9H,8H2,(H,18,19). The van der Waals surface area contributed by atoms with Crippen molar-refractivity contribution in [2.24, 2.45) is 0 Å². The monoisotopic (exact) mass is 271 g/mol. The Balaban J connectivity index is 2.01. The average Bonchev–Trinajstić information content (AvgIpc) is 2.46. The number of hydrogen-bond acceptors (Lipinski definition) is 3. The topological polar surface area (TPSA) is 65.8 Å². The highest BCUT2D eigenvalue weighted by Gasteiger charge is 2.09. The zero-order valence-corrected chi connectivity index (χ0v) is 10.7. The Labute approximate surface area is 115 Å². The van der Waals surface area contributed by atoms with Gasteiger partial charge in [0.25, 0.3) is 5.91 Å². The quantitative estimate of drug-likeness (QED) is 0.933. The summed E-state index contributed by atoms with van der Waals surface area (Å²) in [6.45, 7) is 0.378. The Morgan fingerprint density at radius 1 is 1.32 bits per heavy atom. The maximum Gasteiger partial charge on any atom is 0.253 e. The van der Waals surface area contributed by atoms with Gasteiger partial charge >= 0.3 is 0 Å². The fourth-order valence-electron chi connectivity index (χ4n) is 1.53. The van der Waals surface area contributed by atoms with Gasteiger partial charge < -0.3 is 5.32 Å². The molecule has 0 unspecified atom stereocenters. The van der Waals surface area contributed by atoms with Gasteiger partial charge in [-0.1, -0.05) is 23.7 Å². The average molecular weight is 272 g/mol. The smallest absolute Gasteiger partial charge is 0.253 e. The highest BCUT2D eigenvalue weighted by Crippen LogP contribution is 2.13. The summed E-state index contributed by atoms with van der Waals surface area (Å²) in [6.07, 6.45) is 2.95. The summed E-state index contributed by atoms with van der Waals surface area (Å²) in [5.41, 5.74) is 1.90. The van der Waals surface area contributed by atoms with Gasteiger partial charge in [-0.3, -0.25) is 9.78 Å². The maximum atomic E-state index is 11.9. The van der Waals surface area contributed by atoms with E-state index in [0.717, 1.165) is 5.56 Å². The summed E-state index contributed by atoms with van der Waals surface area (Å²) < 4.78 is 0. The Kier molecular flexibility index (Phi) is 4.11. The number of nitrogens with zero attached hydrogens (tertiary/aromatic N) is 2. The number of rotatable bonds is 3. The molecule has 0 aliphatic carbocycles. The van der Waals surface area contributed by atoms with Gasteiger partial charge in [-0.2, -0.15) is 5.26 Å². The van der Waals surface area contributed by atoms with Crippen molar-refractivity contribution >= 4 is 17.5 Å². The molecule has 4 nitrogen and oxygen atoms in total. The molecule has 1 heterocycles. The van der Waals surface area contributed by atoms with Gasteiger partial charge in [0.1, 0.15) is 0 Å². The van der Waals surface area contributed by atoms with Gasteiger partial charge in [-0.05, 0) is 23.8 Å². The van der Waals surface area contributed by atoms with Crippen molar-refractivity contribution < 1.29 is 4.79 Å². The third-order valence-corrected chi connectivity index (χ3v) is 2.85. The predicted octanol–water partition coefficient (Wildman–Crippen LogP) is 2.54. The van der Waals surface area contributed by atoms with E-state index in [2.05, 4.69) is 10.3 Å². The third-order valence-electron chi connectivity index (χ3n) is 2.55.